The van der Waals surface area contributed by atoms with E-state index < -0.39 is 0 Å². The van der Waals surface area contributed by atoms with Gasteiger partial charge >= 0.3 is 0 Å². The minimum Gasteiger partial charge on any atom is -0.300 e. The summed E-state index contributed by atoms with van der Waals surface area (Å²) in [6.45, 7) is 11.6. The predicted molar refractivity (Wildman–Crippen MR) is 116 cm³/mol. The highest BCUT2D eigenvalue weighted by Gasteiger charge is 2.07. The van der Waals surface area contributed by atoms with Gasteiger partial charge in [0.15, 0.2) is 0 Å². The van der Waals surface area contributed by atoms with Crippen molar-refractivity contribution in [1.82, 2.24) is 4.98 Å². The maximum atomic E-state index is 9.44. The first kappa shape index (κ1) is 24.5. The molecule has 1 aromatic heterocycles. The monoisotopic (exact) mass is 394 g/mol. The van der Waals surface area contributed by atoms with Crippen LogP contribution in [0.3, 0.4) is 0 Å². The van der Waals surface area contributed by atoms with Crippen molar-refractivity contribution in [1.29, 1.82) is 0 Å². The molecule has 3 nitrogen and oxygen atoms in total. The third kappa shape index (κ3) is 11.2. The minimum atomic E-state index is 0.167. The Morgan fingerprint density at radius 1 is 1.27 bits per heavy atom. The second-order valence-electron chi connectivity index (χ2n) is 6.06. The van der Waals surface area contributed by atoms with Crippen molar-refractivity contribution in [2.24, 2.45) is 10.9 Å². The van der Waals surface area contributed by atoms with Crippen molar-refractivity contribution in [3.05, 3.63) is 46.4 Å². The smallest absolute Gasteiger partial charge is 0.126 e. The van der Waals surface area contributed by atoms with Gasteiger partial charge in [0.05, 0.1) is 17.1 Å². The van der Waals surface area contributed by atoms with Gasteiger partial charge in [-0.2, -0.15) is 0 Å². The number of halogens is 1. The van der Waals surface area contributed by atoms with E-state index in [1.807, 2.05) is 29.9 Å². The van der Waals surface area contributed by atoms with Gasteiger partial charge in [0.2, 0.25) is 0 Å². The number of hydrogen-bond acceptors (Lipinski definition) is 4. The van der Waals surface area contributed by atoms with Gasteiger partial charge in [0, 0.05) is 16.8 Å². The van der Waals surface area contributed by atoms with Crippen LogP contribution in [0.1, 0.15) is 51.5 Å². The van der Waals surface area contributed by atoms with E-state index in [4.69, 9.17) is 11.6 Å². The summed E-state index contributed by atoms with van der Waals surface area (Å²) in [6.07, 6.45) is 4.10. The molecule has 1 heterocycles. The molecule has 144 valence electrons. The first-order chi connectivity index (χ1) is 12.3. The van der Waals surface area contributed by atoms with Crippen LogP contribution in [0.25, 0.3) is 0 Å². The fraction of sp³-hybridized carbons (Fsp3) is 0.476. The van der Waals surface area contributed by atoms with Crippen molar-refractivity contribution in [3.8, 4) is 0 Å². The number of thiazole rings is 1. The molecule has 2 rings (SSSR count). The van der Waals surface area contributed by atoms with Gasteiger partial charge < -0.3 is 4.79 Å². The molecule has 0 saturated heterocycles. The van der Waals surface area contributed by atoms with Crippen LogP contribution in [-0.4, -0.2) is 22.4 Å². The Bertz CT molecular complexity index is 650. The molecule has 0 aliphatic heterocycles. The number of ketones is 1. The number of nitrogens with zero attached hydrogens (tertiary/aromatic N) is 2. The summed E-state index contributed by atoms with van der Waals surface area (Å²) < 4.78 is 0. The molecular formula is C21H31ClN2OS. The fourth-order valence-corrected chi connectivity index (χ4v) is 2.64. The lowest BCUT2D eigenvalue weighted by molar-refractivity contribution is -0.114. The highest BCUT2D eigenvalue weighted by molar-refractivity contribution is 7.09. The largest absolute Gasteiger partial charge is 0.300 e. The quantitative estimate of drug-likeness (QED) is 0.420. The number of carbonyl (C=O) groups is 1. The number of carbonyl (C=O) groups excluding carboxylic acids is 1. The Hall–Kier alpha value is -1.52. The summed E-state index contributed by atoms with van der Waals surface area (Å²) in [5.74, 6) is 1.14. The van der Waals surface area contributed by atoms with Crippen LogP contribution in [0.4, 0.5) is 5.69 Å². The molecule has 0 aliphatic rings. The van der Waals surface area contributed by atoms with Crippen molar-refractivity contribution in [2.75, 3.05) is 5.88 Å². The van der Waals surface area contributed by atoms with Crippen molar-refractivity contribution in [3.63, 3.8) is 0 Å². The molecule has 0 bridgehead atoms. The molecule has 2 aromatic rings. The first-order valence-electron chi connectivity index (χ1n) is 8.89. The number of hydrogen-bond donors (Lipinski definition) is 0. The van der Waals surface area contributed by atoms with E-state index in [9.17, 15) is 4.79 Å². The van der Waals surface area contributed by atoms with Crippen LogP contribution in [-0.2, 0) is 11.2 Å². The van der Waals surface area contributed by atoms with Gasteiger partial charge in [-0.25, -0.2) is 0 Å². The second kappa shape index (κ2) is 14.6. The summed E-state index contributed by atoms with van der Waals surface area (Å²) in [7, 11) is 0. The lowest BCUT2D eigenvalue weighted by atomic mass is 10.0. The van der Waals surface area contributed by atoms with Gasteiger partial charge in [-0.1, -0.05) is 39.0 Å². The van der Waals surface area contributed by atoms with Crippen molar-refractivity contribution < 1.29 is 4.79 Å². The summed E-state index contributed by atoms with van der Waals surface area (Å²) in [5.41, 5.74) is 5.17. The topological polar surface area (TPSA) is 42.3 Å². The molecule has 1 atom stereocenters. The lowest BCUT2D eigenvalue weighted by Gasteiger charge is -2.10. The summed E-state index contributed by atoms with van der Waals surface area (Å²) in [6, 6.07) is 8.14. The zero-order valence-corrected chi connectivity index (χ0v) is 18.3. The molecular weight excluding hydrogens is 364 g/mol. The SMILES string of the molecule is CC(C)=O.CCC(C)C(CCl)=Nc1ccccc1C.CCc1cncs1. The molecule has 26 heavy (non-hydrogen) atoms. The second-order valence-corrected chi connectivity index (χ2v) is 7.30. The Balaban J connectivity index is 0.000000467. The molecule has 5 heteroatoms. The zero-order valence-electron chi connectivity index (χ0n) is 16.8. The highest BCUT2D eigenvalue weighted by atomic mass is 35.5. The van der Waals surface area contributed by atoms with Crippen LogP contribution in [0.15, 0.2) is 41.0 Å². The molecule has 0 saturated carbocycles. The van der Waals surface area contributed by atoms with E-state index in [0.717, 1.165) is 24.2 Å². The lowest BCUT2D eigenvalue weighted by Crippen LogP contribution is -2.11. The third-order valence-corrected chi connectivity index (χ3v) is 4.73. The summed E-state index contributed by atoms with van der Waals surface area (Å²) in [4.78, 5) is 19.3. The van der Waals surface area contributed by atoms with Gasteiger partial charge in [-0.05, 0) is 51.2 Å². The number of Topliss-reactive ketones (excluding diaryl/α,β-unsaturated/α-hetero) is 1. The predicted octanol–water partition coefficient (Wildman–Crippen LogP) is 6.65. The van der Waals surface area contributed by atoms with Crippen molar-refractivity contribution in [2.45, 2.75) is 54.4 Å². The molecule has 0 aliphatic carbocycles. The van der Waals surface area contributed by atoms with Gasteiger partial charge in [-0.15, -0.1) is 22.9 Å². The molecule has 0 fully saturated rings. The average molecular weight is 395 g/mol. The zero-order chi connectivity index (χ0) is 19.9. The fourth-order valence-electron chi connectivity index (χ4n) is 1.77. The van der Waals surface area contributed by atoms with Crippen LogP contribution in [0, 0.1) is 12.8 Å². The number of rotatable bonds is 5. The normalized spacial score (nSPS) is 11.6. The van der Waals surface area contributed by atoms with Gasteiger partial charge in [0.1, 0.15) is 5.78 Å². The molecule has 0 spiro atoms. The van der Waals surface area contributed by atoms with E-state index in [1.54, 1.807) is 11.3 Å². The molecule has 0 radical (unpaired) electrons. The molecule has 1 aromatic carbocycles. The molecule has 0 N–H and O–H groups in total. The van der Waals surface area contributed by atoms with Crippen LogP contribution in [0.2, 0.25) is 0 Å². The number of aliphatic imine (C=N–C) groups is 1. The van der Waals surface area contributed by atoms with Crippen LogP contribution >= 0.6 is 22.9 Å². The molecule has 0 amide bonds. The van der Waals surface area contributed by atoms with Crippen LogP contribution < -0.4 is 0 Å². The van der Waals surface area contributed by atoms with E-state index in [0.29, 0.717) is 11.8 Å². The van der Waals surface area contributed by atoms with E-state index >= 15 is 0 Å². The maximum Gasteiger partial charge on any atom is 0.126 e. The van der Waals surface area contributed by atoms with E-state index in [2.05, 4.69) is 43.7 Å². The number of aryl methyl sites for hydroxylation is 2. The van der Waals surface area contributed by atoms with E-state index in [-0.39, 0.29) is 5.78 Å². The highest BCUT2D eigenvalue weighted by Crippen LogP contribution is 2.20. The summed E-state index contributed by atoms with van der Waals surface area (Å²) in [5, 5.41) is 0. The summed E-state index contributed by atoms with van der Waals surface area (Å²) >= 11 is 7.62. The Morgan fingerprint density at radius 3 is 2.27 bits per heavy atom. The number of benzene rings is 1. The third-order valence-electron chi connectivity index (χ3n) is 3.53. The van der Waals surface area contributed by atoms with Gasteiger partial charge in [0.25, 0.3) is 0 Å². The number of para-hydroxylation sites is 1. The number of alkyl halides is 1. The van der Waals surface area contributed by atoms with Gasteiger partial charge in [-0.3, -0.25) is 9.98 Å². The Labute approximate surface area is 167 Å². The number of aromatic nitrogens is 1. The van der Waals surface area contributed by atoms with E-state index in [1.165, 1.54) is 24.3 Å². The average Bonchev–Trinajstić information content (AvgIpc) is 3.14. The Kier molecular flexibility index (Phi) is 13.8. The van der Waals surface area contributed by atoms with Crippen LogP contribution in [0.5, 0.6) is 0 Å². The Morgan fingerprint density at radius 2 is 1.88 bits per heavy atom. The maximum absolute atomic E-state index is 9.44. The first-order valence-corrected chi connectivity index (χ1v) is 10.3. The molecule has 1 unspecified atom stereocenters. The minimum absolute atomic E-state index is 0.167. The standard InChI is InChI=1S/C13H18ClN.C5H7NS.C3H6O/c1-4-10(2)13(9-14)15-12-8-6-5-7-11(12)3;1-2-5-3-6-4-7-5;1-3(2)4/h5-8,10H,4,9H2,1-3H3;3-4H,2H2,1H3;1-2H3. The van der Waals surface area contributed by atoms with Crippen molar-refractivity contribution >= 4 is 40.1 Å².